The first-order chi connectivity index (χ1) is 15.6. The zero-order valence-electron chi connectivity index (χ0n) is 18.9. The molecule has 8 nitrogen and oxygen atoms in total. The van der Waals surface area contributed by atoms with Gasteiger partial charge in [-0.1, -0.05) is 25.1 Å². The van der Waals surface area contributed by atoms with Crippen molar-refractivity contribution in [2.75, 3.05) is 37.6 Å². The fourth-order valence-electron chi connectivity index (χ4n) is 4.63. The van der Waals surface area contributed by atoms with E-state index in [0.29, 0.717) is 11.9 Å². The zero-order chi connectivity index (χ0) is 22.5. The van der Waals surface area contributed by atoms with Crippen molar-refractivity contribution in [3.05, 3.63) is 54.0 Å². The molecular weight excluding hydrogens is 404 g/mol. The number of aromatic nitrogens is 3. The number of nitrogens with zero attached hydrogens (tertiary/aromatic N) is 5. The number of likely N-dealkylation sites (N-methyl/N-ethyl adjacent to an activating group) is 1. The van der Waals surface area contributed by atoms with Gasteiger partial charge in [-0.3, -0.25) is 10.0 Å². The van der Waals surface area contributed by atoms with Crippen molar-refractivity contribution in [1.82, 2.24) is 24.9 Å². The van der Waals surface area contributed by atoms with Gasteiger partial charge in [-0.25, -0.2) is 15.4 Å². The minimum Gasteiger partial charge on any atom is -0.350 e. The second kappa shape index (κ2) is 10.1. The number of nitrogens with one attached hydrogen (secondary N) is 1. The van der Waals surface area contributed by atoms with Crippen molar-refractivity contribution in [2.24, 2.45) is 13.0 Å². The van der Waals surface area contributed by atoms with Crippen LogP contribution in [0, 0.1) is 5.92 Å². The zero-order valence-corrected chi connectivity index (χ0v) is 18.9. The fraction of sp³-hybridized carbons (Fsp3) is 0.458. The van der Waals surface area contributed by atoms with Crippen LogP contribution in [0.2, 0.25) is 0 Å². The van der Waals surface area contributed by atoms with Gasteiger partial charge in [0.1, 0.15) is 0 Å². The van der Waals surface area contributed by atoms with Crippen molar-refractivity contribution < 1.29 is 10.0 Å². The summed E-state index contributed by atoms with van der Waals surface area (Å²) in [5.74, 6) is 0.706. The van der Waals surface area contributed by atoms with E-state index in [4.69, 9.17) is 5.21 Å². The van der Waals surface area contributed by atoms with Gasteiger partial charge < -0.3 is 14.4 Å². The molecule has 1 saturated heterocycles. The molecule has 1 amide bonds. The lowest BCUT2D eigenvalue weighted by atomic mass is 9.96. The van der Waals surface area contributed by atoms with Crippen LogP contribution in [0.4, 0.5) is 5.95 Å². The summed E-state index contributed by atoms with van der Waals surface area (Å²) in [5.41, 5.74) is 4.57. The Morgan fingerprint density at radius 2 is 1.94 bits per heavy atom. The molecule has 0 saturated carbocycles. The average Bonchev–Trinajstić information content (AvgIpc) is 3.17. The number of anilines is 1. The summed E-state index contributed by atoms with van der Waals surface area (Å²) in [5, 5.41) is 10.1. The second-order valence-electron chi connectivity index (χ2n) is 8.57. The highest BCUT2D eigenvalue weighted by Gasteiger charge is 2.23. The maximum atomic E-state index is 11.4. The molecule has 32 heavy (non-hydrogen) atoms. The predicted octanol–water partition coefficient (Wildman–Crippen LogP) is 2.87. The highest BCUT2D eigenvalue weighted by atomic mass is 16.5. The smallest absolute Gasteiger partial charge is 0.277 e. The molecular formula is C24H32N6O2. The van der Waals surface area contributed by atoms with Gasteiger partial charge >= 0.3 is 0 Å². The molecule has 3 aromatic rings. The van der Waals surface area contributed by atoms with Crippen molar-refractivity contribution in [2.45, 2.75) is 26.2 Å². The number of piperidine rings is 1. The second-order valence-corrected chi connectivity index (χ2v) is 8.57. The van der Waals surface area contributed by atoms with Crippen LogP contribution in [0.25, 0.3) is 10.9 Å². The standard InChI is InChI=1S/C24H32N6O2/c1-3-29(11-10-19-17-28(2)22-7-5-4-6-21(19)22)16-18-8-12-30(13-9-18)24-25-14-20(15-26-24)23(31)27-32/h4-7,14-15,17-18,32H,3,8-13,16H2,1-2H3,(H,27,31). The van der Waals surface area contributed by atoms with Crippen LogP contribution in [0.15, 0.2) is 42.9 Å². The Kier molecular flexibility index (Phi) is 7.02. The van der Waals surface area contributed by atoms with E-state index < -0.39 is 5.91 Å². The summed E-state index contributed by atoms with van der Waals surface area (Å²) < 4.78 is 2.22. The Bertz CT molecular complexity index is 1040. The van der Waals surface area contributed by atoms with E-state index in [1.54, 1.807) is 5.48 Å². The van der Waals surface area contributed by atoms with Crippen molar-refractivity contribution >= 4 is 22.8 Å². The molecule has 0 bridgehead atoms. The number of hydrogen-bond acceptors (Lipinski definition) is 6. The molecule has 1 aliphatic heterocycles. The van der Waals surface area contributed by atoms with Gasteiger partial charge in [-0.05, 0) is 43.4 Å². The molecule has 4 rings (SSSR count). The van der Waals surface area contributed by atoms with E-state index >= 15 is 0 Å². The van der Waals surface area contributed by atoms with E-state index in [0.717, 1.165) is 52.0 Å². The van der Waals surface area contributed by atoms with Gasteiger partial charge in [0, 0.05) is 62.7 Å². The third-order valence-electron chi connectivity index (χ3n) is 6.54. The van der Waals surface area contributed by atoms with E-state index in [2.05, 4.69) is 68.8 Å². The van der Waals surface area contributed by atoms with Gasteiger partial charge in [-0.2, -0.15) is 0 Å². The Morgan fingerprint density at radius 1 is 1.22 bits per heavy atom. The van der Waals surface area contributed by atoms with E-state index in [-0.39, 0.29) is 5.56 Å². The summed E-state index contributed by atoms with van der Waals surface area (Å²) in [7, 11) is 2.12. The van der Waals surface area contributed by atoms with Crippen LogP contribution in [0.1, 0.15) is 35.7 Å². The van der Waals surface area contributed by atoms with E-state index in [9.17, 15) is 4.79 Å². The number of carbonyl (C=O) groups excluding carboxylic acids is 1. The van der Waals surface area contributed by atoms with E-state index in [1.165, 1.54) is 28.9 Å². The molecule has 1 aliphatic rings. The first kappa shape index (κ1) is 22.2. The molecule has 170 valence electrons. The number of hydroxylamine groups is 1. The quantitative estimate of drug-likeness (QED) is 0.417. The van der Waals surface area contributed by atoms with Gasteiger partial charge in [-0.15, -0.1) is 0 Å². The normalized spacial score (nSPS) is 14.9. The van der Waals surface area contributed by atoms with Crippen LogP contribution in [0.3, 0.4) is 0 Å². The summed E-state index contributed by atoms with van der Waals surface area (Å²) in [4.78, 5) is 24.8. The van der Waals surface area contributed by atoms with Gasteiger partial charge in [0.2, 0.25) is 5.95 Å². The number of carbonyl (C=O) groups is 1. The number of benzene rings is 1. The molecule has 0 unspecified atom stereocenters. The number of amides is 1. The van der Waals surface area contributed by atoms with Crippen molar-refractivity contribution in [1.29, 1.82) is 0 Å². The van der Waals surface area contributed by atoms with Gasteiger partial charge in [0.05, 0.1) is 5.56 Å². The van der Waals surface area contributed by atoms with Crippen LogP contribution in [-0.4, -0.2) is 63.3 Å². The lowest BCUT2D eigenvalue weighted by Gasteiger charge is -2.34. The SMILES string of the molecule is CCN(CCc1cn(C)c2ccccc12)CC1CCN(c2ncc(C(=O)NO)cn2)CC1. The summed E-state index contributed by atoms with van der Waals surface area (Å²) in [6, 6.07) is 8.63. The van der Waals surface area contributed by atoms with Crippen molar-refractivity contribution in [3.63, 3.8) is 0 Å². The molecule has 0 atom stereocenters. The van der Waals surface area contributed by atoms with Crippen LogP contribution < -0.4 is 10.4 Å². The molecule has 0 radical (unpaired) electrons. The number of aryl methyl sites for hydroxylation is 1. The molecule has 8 heteroatoms. The Morgan fingerprint density at radius 3 is 2.62 bits per heavy atom. The number of rotatable bonds is 8. The van der Waals surface area contributed by atoms with Crippen LogP contribution in [-0.2, 0) is 13.5 Å². The van der Waals surface area contributed by atoms with Crippen LogP contribution >= 0.6 is 0 Å². The monoisotopic (exact) mass is 436 g/mol. The maximum absolute atomic E-state index is 11.4. The minimum absolute atomic E-state index is 0.246. The molecule has 0 spiro atoms. The summed E-state index contributed by atoms with van der Waals surface area (Å²) in [6.07, 6.45) is 8.44. The van der Waals surface area contributed by atoms with Gasteiger partial charge in [0.15, 0.2) is 0 Å². The lowest BCUT2D eigenvalue weighted by Crippen LogP contribution is -2.40. The first-order valence-corrected chi connectivity index (χ1v) is 11.4. The summed E-state index contributed by atoms with van der Waals surface area (Å²) in [6.45, 7) is 7.32. The minimum atomic E-state index is -0.599. The largest absolute Gasteiger partial charge is 0.350 e. The molecule has 2 aromatic heterocycles. The molecule has 1 fully saturated rings. The highest BCUT2D eigenvalue weighted by Crippen LogP contribution is 2.23. The topological polar surface area (TPSA) is 86.5 Å². The number of para-hydroxylation sites is 1. The molecule has 0 aliphatic carbocycles. The number of fused-ring (bicyclic) bond motifs is 1. The van der Waals surface area contributed by atoms with Crippen LogP contribution in [0.5, 0.6) is 0 Å². The maximum Gasteiger partial charge on any atom is 0.277 e. The molecule has 1 aromatic carbocycles. The highest BCUT2D eigenvalue weighted by molar-refractivity contribution is 5.92. The van der Waals surface area contributed by atoms with Crippen molar-refractivity contribution in [3.8, 4) is 0 Å². The number of hydrogen-bond donors (Lipinski definition) is 2. The fourth-order valence-corrected chi connectivity index (χ4v) is 4.63. The molecule has 3 heterocycles. The third-order valence-corrected chi connectivity index (χ3v) is 6.54. The average molecular weight is 437 g/mol. The predicted molar refractivity (Wildman–Crippen MR) is 125 cm³/mol. The Hall–Kier alpha value is -2.97. The van der Waals surface area contributed by atoms with E-state index in [1.807, 2.05) is 0 Å². The first-order valence-electron chi connectivity index (χ1n) is 11.4. The molecule has 2 N–H and O–H groups in total. The van der Waals surface area contributed by atoms with Gasteiger partial charge in [0.25, 0.3) is 5.91 Å². The Balaban J connectivity index is 1.28. The lowest BCUT2D eigenvalue weighted by molar-refractivity contribution is 0.0705. The third kappa shape index (κ3) is 4.92. The Labute approximate surface area is 188 Å². The summed E-state index contributed by atoms with van der Waals surface area (Å²) >= 11 is 0.